The van der Waals surface area contributed by atoms with Gasteiger partial charge < -0.3 is 4.57 Å². The monoisotopic (exact) mass is 263 g/mol. The number of aryl methyl sites for hydroxylation is 3. The molecule has 94 valence electrons. The number of hydrogen-bond acceptors (Lipinski definition) is 4. The molecule has 0 atom stereocenters. The van der Waals surface area contributed by atoms with Crippen molar-refractivity contribution in [3.63, 3.8) is 0 Å². The number of carbonyl (C=O) groups is 1. The lowest BCUT2D eigenvalue weighted by Crippen LogP contribution is -2.19. The molecule has 2 aromatic heterocycles. The fourth-order valence-corrected chi connectivity index (χ4v) is 2.23. The average Bonchev–Trinajstić information content (AvgIpc) is 2.61. The van der Waals surface area contributed by atoms with Gasteiger partial charge in [0.25, 0.3) is 5.91 Å². The van der Waals surface area contributed by atoms with Crippen molar-refractivity contribution in [2.75, 3.05) is 5.32 Å². The topological polar surface area (TPSA) is 64.0 Å². The standard InChI is InChI=1S/C12H13N3O2S/c1-7-8(2)18-12(13-7)14-11(17)9-4-5-10(16)15(3)6-9/h4-6H,1-3H3,(H,13,14,17). The van der Waals surface area contributed by atoms with E-state index in [1.54, 1.807) is 7.05 Å². The summed E-state index contributed by atoms with van der Waals surface area (Å²) in [5.74, 6) is -0.264. The lowest BCUT2D eigenvalue weighted by Gasteiger charge is -2.03. The predicted molar refractivity (Wildman–Crippen MR) is 71.2 cm³/mol. The number of amides is 1. The van der Waals surface area contributed by atoms with E-state index < -0.39 is 0 Å². The van der Waals surface area contributed by atoms with Crippen LogP contribution in [0.15, 0.2) is 23.1 Å². The van der Waals surface area contributed by atoms with Gasteiger partial charge in [0.05, 0.1) is 11.3 Å². The van der Waals surface area contributed by atoms with Crippen LogP contribution >= 0.6 is 11.3 Å². The second-order valence-electron chi connectivity index (χ2n) is 3.98. The largest absolute Gasteiger partial charge is 0.318 e. The molecular weight excluding hydrogens is 250 g/mol. The van der Waals surface area contributed by atoms with Crippen LogP contribution in [-0.4, -0.2) is 15.5 Å². The Balaban J connectivity index is 2.21. The Labute approximate surface area is 108 Å². The zero-order valence-corrected chi connectivity index (χ0v) is 11.2. The first-order chi connectivity index (χ1) is 8.47. The van der Waals surface area contributed by atoms with Crippen molar-refractivity contribution in [1.82, 2.24) is 9.55 Å². The summed E-state index contributed by atoms with van der Waals surface area (Å²) < 4.78 is 1.37. The van der Waals surface area contributed by atoms with Crippen LogP contribution in [0.5, 0.6) is 0 Å². The van der Waals surface area contributed by atoms with Crippen molar-refractivity contribution in [2.45, 2.75) is 13.8 Å². The van der Waals surface area contributed by atoms with Crippen LogP contribution in [-0.2, 0) is 7.05 Å². The highest BCUT2D eigenvalue weighted by Crippen LogP contribution is 2.21. The van der Waals surface area contributed by atoms with E-state index in [0.29, 0.717) is 10.7 Å². The van der Waals surface area contributed by atoms with Crippen LogP contribution in [0, 0.1) is 13.8 Å². The summed E-state index contributed by atoms with van der Waals surface area (Å²) in [6.07, 6.45) is 1.50. The molecule has 0 unspecified atom stereocenters. The third-order valence-electron chi connectivity index (χ3n) is 2.60. The van der Waals surface area contributed by atoms with E-state index in [1.165, 1.54) is 34.2 Å². The molecule has 1 N–H and O–H groups in total. The van der Waals surface area contributed by atoms with E-state index in [-0.39, 0.29) is 11.5 Å². The SMILES string of the molecule is Cc1nc(NC(=O)c2ccc(=O)n(C)c2)sc1C. The summed E-state index contributed by atoms with van der Waals surface area (Å²) in [5, 5.41) is 3.29. The fourth-order valence-electron chi connectivity index (χ4n) is 1.42. The highest BCUT2D eigenvalue weighted by Gasteiger charge is 2.10. The summed E-state index contributed by atoms with van der Waals surface area (Å²) >= 11 is 1.43. The highest BCUT2D eigenvalue weighted by molar-refractivity contribution is 7.15. The van der Waals surface area contributed by atoms with Crippen molar-refractivity contribution >= 4 is 22.4 Å². The fraction of sp³-hybridized carbons (Fsp3) is 0.250. The van der Waals surface area contributed by atoms with Gasteiger partial charge in [-0.05, 0) is 19.9 Å². The summed E-state index contributed by atoms with van der Waals surface area (Å²) in [5.41, 5.74) is 1.20. The Morgan fingerprint density at radius 1 is 1.39 bits per heavy atom. The second-order valence-corrected chi connectivity index (χ2v) is 5.18. The Morgan fingerprint density at radius 3 is 2.67 bits per heavy atom. The molecule has 1 amide bonds. The third-order valence-corrected chi connectivity index (χ3v) is 3.59. The molecule has 18 heavy (non-hydrogen) atoms. The number of aromatic nitrogens is 2. The van der Waals surface area contributed by atoms with E-state index >= 15 is 0 Å². The van der Waals surface area contributed by atoms with Gasteiger partial charge in [-0.1, -0.05) is 0 Å². The zero-order valence-electron chi connectivity index (χ0n) is 10.4. The van der Waals surface area contributed by atoms with Crippen LogP contribution in [0.1, 0.15) is 20.9 Å². The van der Waals surface area contributed by atoms with E-state index in [4.69, 9.17) is 0 Å². The Morgan fingerprint density at radius 2 is 2.11 bits per heavy atom. The molecule has 0 radical (unpaired) electrons. The molecule has 0 bridgehead atoms. The molecule has 0 fully saturated rings. The normalized spacial score (nSPS) is 10.4. The second kappa shape index (κ2) is 4.73. The average molecular weight is 263 g/mol. The first kappa shape index (κ1) is 12.5. The van der Waals surface area contributed by atoms with Gasteiger partial charge in [-0.2, -0.15) is 0 Å². The van der Waals surface area contributed by atoms with Crippen molar-refractivity contribution in [1.29, 1.82) is 0 Å². The summed E-state index contributed by atoms with van der Waals surface area (Å²) in [6.45, 7) is 3.85. The van der Waals surface area contributed by atoms with Gasteiger partial charge in [0.2, 0.25) is 5.56 Å². The lowest BCUT2D eigenvalue weighted by atomic mass is 10.2. The minimum absolute atomic E-state index is 0.146. The van der Waals surface area contributed by atoms with E-state index in [9.17, 15) is 9.59 Å². The van der Waals surface area contributed by atoms with Gasteiger partial charge in [-0.15, -0.1) is 11.3 Å². The van der Waals surface area contributed by atoms with Gasteiger partial charge in [-0.25, -0.2) is 4.98 Å². The van der Waals surface area contributed by atoms with Crippen LogP contribution < -0.4 is 10.9 Å². The Bertz CT molecular complexity index is 638. The quantitative estimate of drug-likeness (QED) is 0.897. The van der Waals surface area contributed by atoms with Crippen LogP contribution in [0.2, 0.25) is 0 Å². The van der Waals surface area contributed by atoms with Crippen molar-refractivity contribution in [2.24, 2.45) is 7.05 Å². The van der Waals surface area contributed by atoms with Crippen molar-refractivity contribution < 1.29 is 4.79 Å². The number of carbonyl (C=O) groups excluding carboxylic acids is 1. The van der Waals surface area contributed by atoms with E-state index in [1.807, 2.05) is 13.8 Å². The molecule has 0 aliphatic rings. The first-order valence-electron chi connectivity index (χ1n) is 5.39. The molecule has 0 aliphatic carbocycles. The Hall–Kier alpha value is -1.95. The maximum absolute atomic E-state index is 11.9. The summed E-state index contributed by atoms with van der Waals surface area (Å²) in [6, 6.07) is 2.87. The number of anilines is 1. The zero-order chi connectivity index (χ0) is 13.3. The Kier molecular flexibility index (Phi) is 3.29. The number of hydrogen-bond donors (Lipinski definition) is 1. The van der Waals surface area contributed by atoms with Gasteiger partial charge >= 0.3 is 0 Å². The number of thiazole rings is 1. The minimum atomic E-state index is -0.264. The van der Waals surface area contributed by atoms with Gasteiger partial charge in [-0.3, -0.25) is 14.9 Å². The molecule has 0 saturated heterocycles. The number of pyridine rings is 1. The molecule has 2 rings (SSSR count). The first-order valence-corrected chi connectivity index (χ1v) is 6.21. The lowest BCUT2D eigenvalue weighted by molar-refractivity contribution is 0.102. The van der Waals surface area contributed by atoms with Crippen LogP contribution in [0.4, 0.5) is 5.13 Å². The van der Waals surface area contributed by atoms with E-state index in [0.717, 1.165) is 10.6 Å². The maximum atomic E-state index is 11.9. The van der Waals surface area contributed by atoms with Gasteiger partial charge in [0.1, 0.15) is 0 Å². The molecular formula is C12H13N3O2S. The van der Waals surface area contributed by atoms with Crippen molar-refractivity contribution in [3.05, 3.63) is 44.8 Å². The molecule has 6 heteroatoms. The number of rotatable bonds is 2. The van der Waals surface area contributed by atoms with Crippen LogP contribution in [0.3, 0.4) is 0 Å². The van der Waals surface area contributed by atoms with Gasteiger partial charge in [0, 0.05) is 24.2 Å². The number of nitrogens with one attached hydrogen (secondary N) is 1. The smallest absolute Gasteiger partial charge is 0.258 e. The van der Waals surface area contributed by atoms with Crippen LogP contribution in [0.25, 0.3) is 0 Å². The summed E-state index contributed by atoms with van der Waals surface area (Å²) in [4.78, 5) is 28.5. The molecule has 2 heterocycles. The maximum Gasteiger partial charge on any atom is 0.258 e. The number of nitrogens with zero attached hydrogens (tertiary/aromatic N) is 2. The molecule has 0 aromatic carbocycles. The molecule has 0 aliphatic heterocycles. The highest BCUT2D eigenvalue weighted by atomic mass is 32.1. The summed E-state index contributed by atoms with van der Waals surface area (Å²) in [7, 11) is 1.61. The molecule has 0 spiro atoms. The minimum Gasteiger partial charge on any atom is -0.318 e. The molecule has 0 saturated carbocycles. The van der Waals surface area contributed by atoms with E-state index in [2.05, 4.69) is 10.3 Å². The molecule has 5 nitrogen and oxygen atoms in total. The van der Waals surface area contributed by atoms with Gasteiger partial charge in [0.15, 0.2) is 5.13 Å². The predicted octanol–water partition coefficient (Wildman–Crippen LogP) is 1.71. The molecule has 2 aromatic rings. The van der Waals surface area contributed by atoms with Crippen molar-refractivity contribution in [3.8, 4) is 0 Å². The third kappa shape index (κ3) is 2.48.